The van der Waals surface area contributed by atoms with Crippen LogP contribution in [-0.4, -0.2) is 50.1 Å². The van der Waals surface area contributed by atoms with Gasteiger partial charge in [-0.15, -0.1) is 11.3 Å². The van der Waals surface area contributed by atoms with Gasteiger partial charge in [0.05, 0.1) is 50.6 Å². The number of non-ortho nitro benzene ring substituents is 1. The molecule has 2 aromatic carbocycles. The number of nitrogens with zero attached hydrogens (tertiary/aromatic N) is 2. The van der Waals surface area contributed by atoms with Gasteiger partial charge in [-0.25, -0.2) is 0 Å². The maximum absolute atomic E-state index is 13.0. The monoisotopic (exact) mass is 483 g/mol. The highest BCUT2D eigenvalue weighted by molar-refractivity contribution is 7.10. The number of thiophene rings is 1. The Morgan fingerprint density at radius 1 is 1.12 bits per heavy atom. The summed E-state index contributed by atoms with van der Waals surface area (Å²) in [5.74, 6) is 1.32. The topological polar surface area (TPSA) is 103 Å². The van der Waals surface area contributed by atoms with Gasteiger partial charge in [0.25, 0.3) is 5.69 Å². The fourth-order valence-electron chi connectivity index (χ4n) is 4.22. The van der Waals surface area contributed by atoms with Crippen LogP contribution in [0.2, 0.25) is 0 Å². The van der Waals surface area contributed by atoms with E-state index in [0.29, 0.717) is 23.7 Å². The van der Waals surface area contributed by atoms with Gasteiger partial charge >= 0.3 is 0 Å². The van der Waals surface area contributed by atoms with Crippen LogP contribution in [0, 0.1) is 10.1 Å². The zero-order valence-electron chi connectivity index (χ0n) is 19.1. The van der Waals surface area contributed by atoms with Crippen LogP contribution in [0.25, 0.3) is 0 Å². The van der Waals surface area contributed by atoms with Crippen LogP contribution in [0.15, 0.2) is 47.8 Å². The smallest absolute Gasteiger partial charge is 0.273 e. The van der Waals surface area contributed by atoms with E-state index in [4.69, 9.17) is 14.2 Å². The highest BCUT2D eigenvalue weighted by Gasteiger charge is 2.32. The predicted molar refractivity (Wildman–Crippen MR) is 129 cm³/mol. The van der Waals surface area contributed by atoms with Crippen molar-refractivity contribution in [3.63, 3.8) is 0 Å². The van der Waals surface area contributed by atoms with Crippen molar-refractivity contribution in [3.8, 4) is 17.2 Å². The van der Waals surface area contributed by atoms with Crippen LogP contribution in [0.5, 0.6) is 17.2 Å². The number of amides is 1. The number of fused-ring (bicyclic) bond motifs is 1. The molecule has 1 N–H and O–H groups in total. The second-order valence-electron chi connectivity index (χ2n) is 7.73. The highest BCUT2D eigenvalue weighted by atomic mass is 32.1. The average molecular weight is 484 g/mol. The van der Waals surface area contributed by atoms with Crippen LogP contribution in [-0.2, 0) is 11.2 Å². The summed E-state index contributed by atoms with van der Waals surface area (Å²) in [5, 5.41) is 15.9. The van der Waals surface area contributed by atoms with Gasteiger partial charge in [0.2, 0.25) is 5.91 Å². The molecular formula is C24H25N3O6S. The van der Waals surface area contributed by atoms with E-state index < -0.39 is 4.92 Å². The Morgan fingerprint density at radius 3 is 2.50 bits per heavy atom. The fraction of sp³-hybridized carbons (Fsp3) is 0.292. The molecule has 2 heterocycles. The summed E-state index contributed by atoms with van der Waals surface area (Å²) in [5.41, 5.74) is 2.51. The molecule has 1 atom stereocenters. The van der Waals surface area contributed by atoms with Gasteiger partial charge in [-0.1, -0.05) is 6.07 Å². The quantitative estimate of drug-likeness (QED) is 0.377. The van der Waals surface area contributed by atoms with Crippen molar-refractivity contribution in [2.45, 2.75) is 12.5 Å². The number of nitrogens with one attached hydrogen (secondary N) is 1. The minimum absolute atomic E-state index is 0.107. The molecule has 4 rings (SSSR count). The highest BCUT2D eigenvalue weighted by Crippen LogP contribution is 2.42. The number of benzene rings is 2. The summed E-state index contributed by atoms with van der Waals surface area (Å²) in [4.78, 5) is 26.8. The molecule has 9 nitrogen and oxygen atoms in total. The van der Waals surface area contributed by atoms with E-state index in [1.54, 1.807) is 25.6 Å². The molecule has 0 spiro atoms. The van der Waals surface area contributed by atoms with E-state index in [1.165, 1.54) is 25.3 Å². The maximum atomic E-state index is 13.0. The van der Waals surface area contributed by atoms with Gasteiger partial charge in [0.1, 0.15) is 5.75 Å². The lowest BCUT2D eigenvalue weighted by molar-refractivity contribution is -0.384. The summed E-state index contributed by atoms with van der Waals surface area (Å²) in [6.07, 6.45) is 0.756. The molecule has 34 heavy (non-hydrogen) atoms. The molecule has 0 radical (unpaired) electrons. The summed E-state index contributed by atoms with van der Waals surface area (Å²) in [6, 6.07) is 12.0. The van der Waals surface area contributed by atoms with Gasteiger partial charge in [-0.3, -0.25) is 19.8 Å². The first-order chi connectivity index (χ1) is 16.4. The Hall–Kier alpha value is -3.63. The molecule has 0 aliphatic carbocycles. The van der Waals surface area contributed by atoms with Crippen LogP contribution in [0.4, 0.5) is 11.4 Å². The summed E-state index contributed by atoms with van der Waals surface area (Å²) in [6.45, 7) is 0.812. The Labute approximate surface area is 201 Å². The minimum atomic E-state index is -0.506. The first-order valence-corrected chi connectivity index (χ1v) is 11.5. The van der Waals surface area contributed by atoms with Crippen LogP contribution < -0.4 is 19.5 Å². The minimum Gasteiger partial charge on any atom is -0.494 e. The summed E-state index contributed by atoms with van der Waals surface area (Å²) >= 11 is 1.63. The number of carbonyl (C=O) groups is 1. The van der Waals surface area contributed by atoms with E-state index in [2.05, 4.69) is 16.3 Å². The largest absolute Gasteiger partial charge is 0.494 e. The lowest BCUT2D eigenvalue weighted by atomic mass is 9.91. The van der Waals surface area contributed by atoms with E-state index in [-0.39, 0.29) is 29.9 Å². The van der Waals surface area contributed by atoms with Gasteiger partial charge in [-0.2, -0.15) is 0 Å². The molecule has 0 bridgehead atoms. The average Bonchev–Trinajstić information content (AvgIpc) is 3.37. The molecule has 1 unspecified atom stereocenters. The number of nitro groups is 1. The lowest BCUT2D eigenvalue weighted by Crippen LogP contribution is -2.41. The number of hydrogen-bond donors (Lipinski definition) is 1. The van der Waals surface area contributed by atoms with Crippen molar-refractivity contribution in [3.05, 3.63) is 74.0 Å². The molecule has 0 fully saturated rings. The number of rotatable bonds is 8. The Kier molecular flexibility index (Phi) is 6.99. The Balaban J connectivity index is 1.61. The van der Waals surface area contributed by atoms with Gasteiger partial charge < -0.3 is 19.5 Å². The predicted octanol–water partition coefficient (Wildman–Crippen LogP) is 4.27. The molecule has 1 aromatic heterocycles. The third kappa shape index (κ3) is 4.68. The fourth-order valence-corrected chi connectivity index (χ4v) is 5.10. The maximum Gasteiger partial charge on any atom is 0.273 e. The molecule has 1 aliphatic rings. The molecular weight excluding hydrogens is 458 g/mol. The molecule has 10 heteroatoms. The van der Waals surface area contributed by atoms with Crippen LogP contribution >= 0.6 is 11.3 Å². The van der Waals surface area contributed by atoms with Crippen LogP contribution in [0.3, 0.4) is 0 Å². The SMILES string of the molecule is COc1cc([N+](=O)[O-])ccc1NC(=O)CN1CCc2cc(OC)c(OC)cc2C1c1cccs1. The van der Waals surface area contributed by atoms with Crippen molar-refractivity contribution in [2.24, 2.45) is 0 Å². The number of nitro benzene ring substituents is 1. The van der Waals surface area contributed by atoms with Gasteiger partial charge in [-0.05, 0) is 47.2 Å². The third-order valence-corrected chi connectivity index (χ3v) is 6.73. The molecule has 0 saturated heterocycles. The van der Waals surface area contributed by atoms with Crippen molar-refractivity contribution in [2.75, 3.05) is 39.7 Å². The first-order valence-electron chi connectivity index (χ1n) is 10.6. The van der Waals surface area contributed by atoms with E-state index in [9.17, 15) is 14.9 Å². The molecule has 1 amide bonds. The lowest BCUT2D eigenvalue weighted by Gasteiger charge is -2.37. The van der Waals surface area contributed by atoms with E-state index >= 15 is 0 Å². The summed E-state index contributed by atoms with van der Waals surface area (Å²) in [7, 11) is 4.63. The first kappa shape index (κ1) is 23.5. The number of methoxy groups -OCH3 is 3. The third-order valence-electron chi connectivity index (χ3n) is 5.80. The van der Waals surface area contributed by atoms with Crippen molar-refractivity contribution < 1.29 is 23.9 Å². The van der Waals surface area contributed by atoms with Crippen molar-refractivity contribution >= 4 is 28.6 Å². The zero-order chi connectivity index (χ0) is 24.2. The Bertz CT molecular complexity index is 1200. The number of hydrogen-bond acceptors (Lipinski definition) is 8. The molecule has 3 aromatic rings. The second-order valence-corrected chi connectivity index (χ2v) is 8.71. The van der Waals surface area contributed by atoms with Crippen molar-refractivity contribution in [1.82, 2.24) is 4.90 Å². The second kappa shape index (κ2) is 10.1. The van der Waals surface area contributed by atoms with Crippen molar-refractivity contribution in [1.29, 1.82) is 0 Å². The van der Waals surface area contributed by atoms with Crippen LogP contribution in [0.1, 0.15) is 22.0 Å². The standard InChI is InChI=1S/C24H25N3O6S/c1-31-19-12-16(27(29)30)6-7-18(19)25-23(28)14-26-9-8-15-11-20(32-2)21(33-3)13-17(15)24(26)22-5-4-10-34-22/h4-7,10-13,24H,8-9,14H2,1-3H3,(H,25,28). The molecule has 0 saturated carbocycles. The van der Waals surface area contributed by atoms with Gasteiger partial charge in [0.15, 0.2) is 11.5 Å². The number of carbonyl (C=O) groups excluding carboxylic acids is 1. The van der Waals surface area contributed by atoms with E-state index in [0.717, 1.165) is 22.4 Å². The molecule has 1 aliphatic heterocycles. The Morgan fingerprint density at radius 2 is 1.85 bits per heavy atom. The number of ether oxygens (including phenoxy) is 3. The zero-order valence-corrected chi connectivity index (χ0v) is 19.9. The summed E-state index contributed by atoms with van der Waals surface area (Å²) < 4.78 is 16.3. The van der Waals surface area contributed by atoms with E-state index in [1.807, 2.05) is 23.6 Å². The number of anilines is 1. The molecule has 178 valence electrons. The normalized spacial score (nSPS) is 15.3. The van der Waals surface area contributed by atoms with Gasteiger partial charge in [0, 0.05) is 17.5 Å².